The Morgan fingerprint density at radius 3 is 2.88 bits per heavy atom. The van der Waals surface area contributed by atoms with Crippen molar-refractivity contribution in [3.63, 3.8) is 0 Å². The molecule has 0 saturated carbocycles. The molecule has 0 bridgehead atoms. The van der Waals surface area contributed by atoms with Gasteiger partial charge in [0.05, 0.1) is 0 Å². The summed E-state index contributed by atoms with van der Waals surface area (Å²) in [6.07, 6.45) is 1.71. The first-order valence-electron chi connectivity index (χ1n) is 2.43. The number of aromatic nitrogens is 1. The van der Waals surface area contributed by atoms with Gasteiger partial charge in [-0.3, -0.25) is 0 Å². The van der Waals surface area contributed by atoms with Crippen LogP contribution >= 0.6 is 0 Å². The fraction of sp³-hybridized carbons (Fsp3) is 0.400. The van der Waals surface area contributed by atoms with E-state index in [2.05, 4.69) is 9.40 Å². The summed E-state index contributed by atoms with van der Waals surface area (Å²) < 4.78 is 16.3. The highest BCUT2D eigenvalue weighted by Crippen LogP contribution is 1.99. The number of rotatable bonds is 1. The van der Waals surface area contributed by atoms with Crippen LogP contribution < -0.4 is 0 Å². The smallest absolute Gasteiger partial charge is 0.298 e. The number of halogens is 1. The van der Waals surface area contributed by atoms with Crippen LogP contribution in [0.3, 0.4) is 0 Å². The van der Waals surface area contributed by atoms with E-state index in [1.165, 1.54) is 0 Å². The molecular weight excluding hydrogens is 109 g/mol. The van der Waals surface area contributed by atoms with E-state index in [-0.39, 0.29) is 0 Å². The molecule has 0 radical (unpaired) electrons. The van der Waals surface area contributed by atoms with Gasteiger partial charge in [-0.05, 0) is 0 Å². The molecule has 2 nitrogen and oxygen atoms in total. The average Bonchev–Trinajstić information content (AvgIpc) is 2.14. The first-order valence-corrected chi connectivity index (χ1v) is 2.43. The molecule has 0 fully saturated rings. The summed E-state index contributed by atoms with van der Waals surface area (Å²) in [5, 5.41) is 0. The summed E-state index contributed by atoms with van der Waals surface area (Å²) in [7, 11) is 0. The number of hydrogen-bond acceptors (Lipinski definition) is 2. The van der Waals surface area contributed by atoms with Gasteiger partial charge in [0.2, 0.25) is 0 Å². The van der Waals surface area contributed by atoms with Crippen LogP contribution in [-0.2, 0) is 6.42 Å². The Bertz CT molecular complexity index is 173. The molecule has 0 unspecified atom stereocenters. The minimum Gasteiger partial charge on any atom is -0.416 e. The van der Waals surface area contributed by atoms with Crippen LogP contribution in [0, 0.1) is 6.01 Å². The van der Waals surface area contributed by atoms with E-state index < -0.39 is 6.01 Å². The maximum atomic E-state index is 11.9. The molecule has 1 rings (SSSR count). The predicted molar refractivity (Wildman–Crippen MR) is 25.8 cm³/mol. The normalized spacial score (nSPS) is 9.75. The lowest BCUT2D eigenvalue weighted by Crippen LogP contribution is -1.73. The molecule has 44 valence electrons. The van der Waals surface area contributed by atoms with Gasteiger partial charge >= 0.3 is 0 Å². The first kappa shape index (κ1) is 5.28. The van der Waals surface area contributed by atoms with Crippen molar-refractivity contribution in [2.24, 2.45) is 0 Å². The van der Waals surface area contributed by atoms with Gasteiger partial charge in [0.1, 0.15) is 6.20 Å². The van der Waals surface area contributed by atoms with Crippen molar-refractivity contribution in [1.29, 1.82) is 0 Å². The third-order valence-electron chi connectivity index (χ3n) is 0.828. The summed E-state index contributed by atoms with van der Waals surface area (Å²) in [6, 6.07) is -0.609. The number of hydrogen-bond donors (Lipinski definition) is 0. The van der Waals surface area contributed by atoms with Gasteiger partial charge in [0.15, 0.2) is 5.89 Å². The third-order valence-corrected chi connectivity index (χ3v) is 0.828. The minimum absolute atomic E-state index is 0.447. The van der Waals surface area contributed by atoms with Gasteiger partial charge in [-0.2, -0.15) is 4.39 Å². The number of aryl methyl sites for hydroxylation is 1. The Labute approximate surface area is 46.3 Å². The molecule has 0 aliphatic carbocycles. The van der Waals surface area contributed by atoms with E-state index in [9.17, 15) is 4.39 Å². The maximum absolute atomic E-state index is 11.9. The van der Waals surface area contributed by atoms with Crippen molar-refractivity contribution in [1.82, 2.24) is 4.98 Å². The molecule has 0 aliphatic heterocycles. The fourth-order valence-corrected chi connectivity index (χ4v) is 0.451. The van der Waals surface area contributed by atoms with E-state index in [1.807, 2.05) is 6.92 Å². The van der Waals surface area contributed by atoms with Crippen LogP contribution in [0.1, 0.15) is 12.8 Å². The summed E-state index contributed by atoms with van der Waals surface area (Å²) in [5.41, 5.74) is 0. The van der Waals surface area contributed by atoms with Gasteiger partial charge in [0, 0.05) is 6.42 Å². The van der Waals surface area contributed by atoms with Crippen LogP contribution in [0.4, 0.5) is 4.39 Å². The van der Waals surface area contributed by atoms with Crippen molar-refractivity contribution in [3.05, 3.63) is 18.1 Å². The van der Waals surface area contributed by atoms with Crippen molar-refractivity contribution < 1.29 is 8.81 Å². The minimum atomic E-state index is -0.609. The van der Waals surface area contributed by atoms with Crippen LogP contribution in [0.2, 0.25) is 0 Å². The molecule has 0 amide bonds. The largest absolute Gasteiger partial charge is 0.416 e. The zero-order chi connectivity index (χ0) is 5.98. The van der Waals surface area contributed by atoms with Crippen LogP contribution in [0.25, 0.3) is 0 Å². The molecule has 8 heavy (non-hydrogen) atoms. The molecule has 0 N–H and O–H groups in total. The first-order chi connectivity index (χ1) is 3.83. The van der Waals surface area contributed by atoms with E-state index >= 15 is 0 Å². The standard InChI is InChI=1S/C5H6FNO/c1-2-5-7-3-4(6)8-5/h3H,2H2,1H3. The second-order valence-corrected chi connectivity index (χ2v) is 1.41. The summed E-state index contributed by atoms with van der Waals surface area (Å²) in [4.78, 5) is 3.59. The Kier molecular flexibility index (Phi) is 1.28. The Hall–Kier alpha value is -0.860. The Morgan fingerprint density at radius 2 is 2.62 bits per heavy atom. The third kappa shape index (κ3) is 0.857. The van der Waals surface area contributed by atoms with Crippen molar-refractivity contribution in [3.8, 4) is 0 Å². The SMILES string of the molecule is CCc1ncc(F)o1. The van der Waals surface area contributed by atoms with Crippen molar-refractivity contribution in [2.75, 3.05) is 0 Å². The van der Waals surface area contributed by atoms with E-state index in [1.54, 1.807) is 0 Å². The topological polar surface area (TPSA) is 26.0 Å². The Morgan fingerprint density at radius 1 is 1.88 bits per heavy atom. The van der Waals surface area contributed by atoms with Crippen LogP contribution in [0.15, 0.2) is 10.6 Å². The molecule has 0 atom stereocenters. The predicted octanol–water partition coefficient (Wildman–Crippen LogP) is 1.38. The quantitative estimate of drug-likeness (QED) is 0.552. The van der Waals surface area contributed by atoms with E-state index in [0.717, 1.165) is 6.20 Å². The maximum Gasteiger partial charge on any atom is 0.298 e. The molecule has 0 saturated heterocycles. The summed E-state index contributed by atoms with van der Waals surface area (Å²) in [5.74, 6) is 0.447. The van der Waals surface area contributed by atoms with E-state index in [4.69, 9.17) is 0 Å². The van der Waals surface area contributed by atoms with Crippen molar-refractivity contribution in [2.45, 2.75) is 13.3 Å². The zero-order valence-corrected chi connectivity index (χ0v) is 4.52. The molecule has 0 spiro atoms. The monoisotopic (exact) mass is 115 g/mol. The van der Waals surface area contributed by atoms with E-state index in [0.29, 0.717) is 12.3 Å². The molecule has 1 aromatic heterocycles. The van der Waals surface area contributed by atoms with Gasteiger partial charge in [0.25, 0.3) is 6.01 Å². The lowest BCUT2D eigenvalue weighted by Gasteiger charge is -1.78. The lowest BCUT2D eigenvalue weighted by molar-refractivity contribution is 0.336. The molecule has 0 aliphatic rings. The van der Waals surface area contributed by atoms with Crippen LogP contribution in [-0.4, -0.2) is 4.98 Å². The van der Waals surface area contributed by atoms with Gasteiger partial charge in [-0.15, -0.1) is 0 Å². The molecule has 3 heteroatoms. The van der Waals surface area contributed by atoms with Crippen LogP contribution in [0.5, 0.6) is 0 Å². The molecule has 1 aromatic rings. The van der Waals surface area contributed by atoms with Gasteiger partial charge in [-0.1, -0.05) is 6.92 Å². The molecular formula is C5H6FNO. The molecule has 0 aromatic carbocycles. The Balaban J connectivity index is 2.84. The zero-order valence-electron chi connectivity index (χ0n) is 4.52. The summed E-state index contributed by atoms with van der Waals surface area (Å²) in [6.45, 7) is 1.85. The molecule has 1 heterocycles. The second kappa shape index (κ2) is 1.94. The summed E-state index contributed by atoms with van der Waals surface area (Å²) >= 11 is 0. The average molecular weight is 115 g/mol. The van der Waals surface area contributed by atoms with Crippen molar-refractivity contribution >= 4 is 0 Å². The van der Waals surface area contributed by atoms with Gasteiger partial charge in [-0.25, -0.2) is 4.98 Å². The van der Waals surface area contributed by atoms with Gasteiger partial charge < -0.3 is 4.42 Å². The highest BCUT2D eigenvalue weighted by atomic mass is 19.1. The lowest BCUT2D eigenvalue weighted by atomic mass is 10.5. The number of oxazole rings is 1. The highest BCUT2D eigenvalue weighted by Gasteiger charge is 1.96. The number of nitrogens with zero attached hydrogens (tertiary/aromatic N) is 1. The fourth-order valence-electron chi connectivity index (χ4n) is 0.451. The second-order valence-electron chi connectivity index (χ2n) is 1.41. The highest BCUT2D eigenvalue weighted by molar-refractivity contribution is 4.79.